The zero-order valence-corrected chi connectivity index (χ0v) is 17.8. The smallest absolute Gasteiger partial charge is 0.348 e. The Kier molecular flexibility index (Phi) is 5.81. The average Bonchev–Trinajstić information content (AvgIpc) is 3.52. The van der Waals surface area contributed by atoms with E-state index in [1.165, 1.54) is 18.0 Å². The number of carbonyl (C=O) groups excluding carboxylic acids is 3. The predicted molar refractivity (Wildman–Crippen MR) is 115 cm³/mol. The third kappa shape index (κ3) is 4.49. The zero-order valence-electron chi connectivity index (χ0n) is 17.0. The van der Waals surface area contributed by atoms with Gasteiger partial charge in [-0.2, -0.15) is 5.10 Å². The number of Topliss-reactive ketones (excluding diaryl/α,β-unsaturated/α-hetero) is 1. The molecular weight excluding hydrogens is 416 g/mol. The van der Waals surface area contributed by atoms with E-state index >= 15 is 0 Å². The third-order valence-corrected chi connectivity index (χ3v) is 6.07. The number of thiophene rings is 1. The molecule has 1 aliphatic heterocycles. The maximum atomic E-state index is 12.9. The molecule has 3 aromatic rings. The van der Waals surface area contributed by atoms with E-state index in [-0.39, 0.29) is 10.7 Å². The van der Waals surface area contributed by atoms with Crippen molar-refractivity contribution in [3.8, 4) is 0 Å². The molecule has 7 nitrogen and oxygen atoms in total. The standard InChI is InChI=1S/C23H20N2O5S/c1-14-5-7-16(8-6-14)17-12-18(19-4-3-11-29-19)25(24-17)22(27)13-30-23(28)21-10-9-20(31-21)15(2)26/h3-11,18H,12-13H2,1-2H3. The first-order valence-corrected chi connectivity index (χ1v) is 10.5. The molecule has 1 aliphatic rings. The molecule has 0 radical (unpaired) electrons. The SMILES string of the molecule is CC(=O)c1ccc(C(=O)OCC(=O)N2N=C(c3ccc(C)cc3)CC2c2ccco2)s1. The lowest BCUT2D eigenvalue weighted by Crippen LogP contribution is -2.31. The molecule has 8 heteroatoms. The fourth-order valence-corrected chi connectivity index (χ4v) is 4.06. The number of ketones is 1. The number of esters is 1. The van der Waals surface area contributed by atoms with Crippen LogP contribution in [0.3, 0.4) is 0 Å². The van der Waals surface area contributed by atoms with Crippen LogP contribution in [0.1, 0.15) is 55.6 Å². The Morgan fingerprint density at radius 3 is 2.52 bits per heavy atom. The maximum Gasteiger partial charge on any atom is 0.348 e. The van der Waals surface area contributed by atoms with Crippen LogP contribution >= 0.6 is 11.3 Å². The molecule has 1 unspecified atom stereocenters. The van der Waals surface area contributed by atoms with Crippen LogP contribution in [-0.2, 0) is 9.53 Å². The van der Waals surface area contributed by atoms with Crippen molar-refractivity contribution in [3.05, 3.63) is 81.4 Å². The highest BCUT2D eigenvalue weighted by Gasteiger charge is 2.35. The minimum absolute atomic E-state index is 0.128. The molecule has 0 spiro atoms. The minimum atomic E-state index is -0.651. The van der Waals surface area contributed by atoms with Gasteiger partial charge in [0.15, 0.2) is 12.4 Å². The van der Waals surface area contributed by atoms with Crippen LogP contribution in [0.5, 0.6) is 0 Å². The molecule has 4 rings (SSSR count). The molecular formula is C23H20N2O5S. The van der Waals surface area contributed by atoms with Gasteiger partial charge in [-0.25, -0.2) is 9.80 Å². The normalized spacial score (nSPS) is 15.6. The number of carbonyl (C=O) groups is 3. The third-order valence-electron chi connectivity index (χ3n) is 4.90. The van der Waals surface area contributed by atoms with Crippen molar-refractivity contribution in [1.82, 2.24) is 5.01 Å². The molecule has 0 fully saturated rings. The molecule has 1 aromatic carbocycles. The van der Waals surface area contributed by atoms with Gasteiger partial charge in [-0.1, -0.05) is 29.8 Å². The van der Waals surface area contributed by atoms with Gasteiger partial charge in [0.2, 0.25) is 0 Å². The van der Waals surface area contributed by atoms with Crippen molar-refractivity contribution in [1.29, 1.82) is 0 Å². The number of benzene rings is 1. The van der Waals surface area contributed by atoms with Crippen LogP contribution in [0.4, 0.5) is 0 Å². The molecule has 0 saturated carbocycles. The van der Waals surface area contributed by atoms with Crippen LogP contribution in [0.25, 0.3) is 0 Å². The van der Waals surface area contributed by atoms with Gasteiger partial charge < -0.3 is 9.15 Å². The lowest BCUT2D eigenvalue weighted by molar-refractivity contribution is -0.136. The number of hydrogen-bond acceptors (Lipinski definition) is 7. The van der Waals surface area contributed by atoms with Crippen LogP contribution in [0.15, 0.2) is 64.3 Å². The van der Waals surface area contributed by atoms with Gasteiger partial charge in [0.25, 0.3) is 5.91 Å². The van der Waals surface area contributed by atoms with Gasteiger partial charge in [-0.05, 0) is 43.7 Å². The van der Waals surface area contributed by atoms with E-state index in [1.54, 1.807) is 24.5 Å². The average molecular weight is 436 g/mol. The summed E-state index contributed by atoms with van der Waals surface area (Å²) in [5.74, 6) is -0.631. The number of hydrogen-bond donors (Lipinski definition) is 0. The van der Waals surface area contributed by atoms with Crippen LogP contribution in [0.2, 0.25) is 0 Å². The molecule has 1 amide bonds. The van der Waals surface area contributed by atoms with Crippen LogP contribution in [0, 0.1) is 6.92 Å². The molecule has 31 heavy (non-hydrogen) atoms. The van der Waals surface area contributed by atoms with E-state index in [2.05, 4.69) is 5.10 Å². The Morgan fingerprint density at radius 2 is 1.87 bits per heavy atom. The second kappa shape index (κ2) is 8.69. The summed E-state index contributed by atoms with van der Waals surface area (Å²) in [6, 6.07) is 14.1. The second-order valence-corrected chi connectivity index (χ2v) is 8.27. The number of ether oxygens (including phenoxy) is 1. The highest BCUT2D eigenvalue weighted by molar-refractivity contribution is 7.15. The van der Waals surface area contributed by atoms with E-state index in [4.69, 9.17) is 9.15 Å². The van der Waals surface area contributed by atoms with E-state index in [1.807, 2.05) is 31.2 Å². The Hall–Kier alpha value is -3.52. The predicted octanol–water partition coefficient (Wildman–Crippen LogP) is 4.39. The summed E-state index contributed by atoms with van der Waals surface area (Å²) in [5, 5.41) is 5.83. The summed E-state index contributed by atoms with van der Waals surface area (Å²) >= 11 is 1.04. The molecule has 2 aromatic heterocycles. The van der Waals surface area contributed by atoms with E-state index in [0.717, 1.165) is 28.2 Å². The maximum absolute atomic E-state index is 12.9. The summed E-state index contributed by atoms with van der Waals surface area (Å²) < 4.78 is 10.7. The molecule has 3 heterocycles. The number of aryl methyl sites for hydroxylation is 1. The summed E-state index contributed by atoms with van der Waals surface area (Å²) in [6.07, 6.45) is 2.04. The molecule has 0 bridgehead atoms. The Labute approximate surface area is 182 Å². The Morgan fingerprint density at radius 1 is 1.13 bits per heavy atom. The fraction of sp³-hybridized carbons (Fsp3) is 0.217. The fourth-order valence-electron chi connectivity index (χ4n) is 3.26. The topological polar surface area (TPSA) is 89.2 Å². The number of nitrogens with zero attached hydrogens (tertiary/aromatic N) is 2. The molecule has 0 saturated heterocycles. The molecule has 0 aliphatic carbocycles. The van der Waals surface area contributed by atoms with Gasteiger partial charge in [-0.15, -0.1) is 11.3 Å². The summed E-state index contributed by atoms with van der Waals surface area (Å²) in [4.78, 5) is 37.3. The zero-order chi connectivity index (χ0) is 22.0. The first-order chi connectivity index (χ1) is 14.9. The number of rotatable bonds is 6. The van der Waals surface area contributed by atoms with E-state index < -0.39 is 24.5 Å². The summed E-state index contributed by atoms with van der Waals surface area (Å²) in [7, 11) is 0. The lowest BCUT2D eigenvalue weighted by atomic mass is 10.0. The highest BCUT2D eigenvalue weighted by Crippen LogP contribution is 2.33. The van der Waals surface area contributed by atoms with E-state index in [0.29, 0.717) is 17.1 Å². The van der Waals surface area contributed by atoms with Gasteiger partial charge in [0.05, 0.1) is 16.9 Å². The summed E-state index contributed by atoms with van der Waals surface area (Å²) in [5.41, 5.74) is 2.81. The Bertz CT molecular complexity index is 1150. The van der Waals surface area contributed by atoms with Crippen molar-refractivity contribution in [3.63, 3.8) is 0 Å². The van der Waals surface area contributed by atoms with Crippen molar-refractivity contribution in [2.45, 2.75) is 26.3 Å². The molecule has 158 valence electrons. The van der Waals surface area contributed by atoms with Crippen molar-refractivity contribution < 1.29 is 23.5 Å². The number of hydrazone groups is 1. The van der Waals surface area contributed by atoms with Gasteiger partial charge in [0.1, 0.15) is 16.7 Å². The second-order valence-electron chi connectivity index (χ2n) is 7.18. The lowest BCUT2D eigenvalue weighted by Gasteiger charge is -2.19. The van der Waals surface area contributed by atoms with Crippen molar-refractivity contribution >= 4 is 34.7 Å². The highest BCUT2D eigenvalue weighted by atomic mass is 32.1. The molecule has 0 N–H and O–H groups in total. The summed E-state index contributed by atoms with van der Waals surface area (Å²) in [6.45, 7) is 2.97. The monoisotopic (exact) mass is 436 g/mol. The van der Waals surface area contributed by atoms with Gasteiger partial charge >= 0.3 is 5.97 Å². The van der Waals surface area contributed by atoms with Crippen molar-refractivity contribution in [2.24, 2.45) is 5.10 Å². The number of amides is 1. The first-order valence-electron chi connectivity index (χ1n) is 9.70. The first kappa shape index (κ1) is 20.7. The molecule has 1 atom stereocenters. The van der Waals surface area contributed by atoms with Gasteiger partial charge in [-0.3, -0.25) is 9.59 Å². The van der Waals surface area contributed by atoms with Gasteiger partial charge in [0, 0.05) is 6.42 Å². The quantitative estimate of drug-likeness (QED) is 0.422. The van der Waals surface area contributed by atoms with E-state index in [9.17, 15) is 14.4 Å². The van der Waals surface area contributed by atoms with Crippen molar-refractivity contribution in [2.75, 3.05) is 6.61 Å². The Balaban J connectivity index is 1.49. The van der Waals surface area contributed by atoms with Crippen LogP contribution in [-0.4, -0.2) is 35.0 Å². The van der Waals surface area contributed by atoms with Crippen LogP contribution < -0.4 is 0 Å². The number of furan rings is 1. The largest absolute Gasteiger partial charge is 0.467 e. The minimum Gasteiger partial charge on any atom is -0.467 e.